The molecule has 0 unspecified atom stereocenters. The molecular formula is C13H11NO4. The normalized spacial score (nSPS) is 10.0. The number of carbonyl (C=O) groups is 1. The van der Waals surface area contributed by atoms with Gasteiger partial charge in [0.2, 0.25) is 5.88 Å². The zero-order valence-corrected chi connectivity index (χ0v) is 9.41. The second-order valence-electron chi connectivity index (χ2n) is 3.60. The second kappa shape index (κ2) is 5.18. The van der Waals surface area contributed by atoms with Crippen molar-refractivity contribution in [2.24, 2.45) is 0 Å². The number of aromatic hydroxyl groups is 1. The summed E-state index contributed by atoms with van der Waals surface area (Å²) >= 11 is 0. The summed E-state index contributed by atoms with van der Waals surface area (Å²) in [7, 11) is 0. The van der Waals surface area contributed by atoms with Crippen molar-refractivity contribution in [3.63, 3.8) is 0 Å². The molecule has 2 rings (SSSR count). The Morgan fingerprint density at radius 1 is 1.17 bits per heavy atom. The quantitative estimate of drug-likeness (QED) is 0.861. The first kappa shape index (κ1) is 11.9. The summed E-state index contributed by atoms with van der Waals surface area (Å²) < 4.78 is 5.35. The maximum Gasteiger partial charge on any atom is 0.358 e. The minimum absolute atomic E-state index is 0.161. The molecule has 2 aromatic rings. The molecule has 0 bridgehead atoms. The van der Waals surface area contributed by atoms with Gasteiger partial charge < -0.3 is 14.9 Å². The lowest BCUT2D eigenvalue weighted by Gasteiger charge is -2.06. The Labute approximate surface area is 103 Å². The molecule has 18 heavy (non-hydrogen) atoms. The molecule has 1 aromatic carbocycles. The van der Waals surface area contributed by atoms with Crippen molar-refractivity contribution in [2.45, 2.75) is 6.61 Å². The zero-order chi connectivity index (χ0) is 13.0. The van der Waals surface area contributed by atoms with Gasteiger partial charge in [0, 0.05) is 6.07 Å². The topological polar surface area (TPSA) is 79.7 Å². The average Bonchev–Trinajstić information content (AvgIpc) is 2.38. The molecule has 92 valence electrons. The maximum absolute atomic E-state index is 10.8. The van der Waals surface area contributed by atoms with E-state index >= 15 is 0 Å². The number of carboxylic acid groups (broad SMARTS) is 1. The van der Waals surface area contributed by atoms with Gasteiger partial charge in [-0.05, 0) is 11.6 Å². The monoisotopic (exact) mass is 245 g/mol. The molecule has 0 saturated heterocycles. The highest BCUT2D eigenvalue weighted by atomic mass is 16.5. The molecule has 5 nitrogen and oxygen atoms in total. The average molecular weight is 245 g/mol. The summed E-state index contributed by atoms with van der Waals surface area (Å²) in [5.41, 5.74) is 0.532. The summed E-state index contributed by atoms with van der Waals surface area (Å²) in [5.74, 6) is -1.51. The first-order valence-corrected chi connectivity index (χ1v) is 5.27. The van der Waals surface area contributed by atoms with Gasteiger partial charge in [-0.2, -0.15) is 0 Å². The van der Waals surface area contributed by atoms with Gasteiger partial charge in [0.1, 0.15) is 12.4 Å². The third-order valence-corrected chi connectivity index (χ3v) is 2.28. The predicted molar refractivity (Wildman–Crippen MR) is 63.6 cm³/mol. The number of aromatic carboxylic acids is 1. The maximum atomic E-state index is 10.8. The van der Waals surface area contributed by atoms with Crippen LogP contribution in [0.4, 0.5) is 0 Å². The molecule has 5 heteroatoms. The molecule has 0 atom stereocenters. The number of hydrogen-bond donors (Lipinski definition) is 2. The van der Waals surface area contributed by atoms with E-state index in [-0.39, 0.29) is 18.2 Å². The molecule has 0 spiro atoms. The van der Waals surface area contributed by atoms with Gasteiger partial charge in [0.15, 0.2) is 5.69 Å². The molecule has 1 aromatic heterocycles. The fraction of sp³-hybridized carbons (Fsp3) is 0.0769. The van der Waals surface area contributed by atoms with Gasteiger partial charge in [-0.3, -0.25) is 0 Å². The molecular weight excluding hydrogens is 234 g/mol. The van der Waals surface area contributed by atoms with E-state index in [1.165, 1.54) is 12.1 Å². The van der Waals surface area contributed by atoms with Gasteiger partial charge >= 0.3 is 5.97 Å². The predicted octanol–water partition coefficient (Wildman–Crippen LogP) is 2.06. The van der Waals surface area contributed by atoms with Crippen LogP contribution in [0.3, 0.4) is 0 Å². The number of carboxylic acids is 1. The van der Waals surface area contributed by atoms with Crippen LogP contribution in [0.25, 0.3) is 0 Å². The Balaban J connectivity index is 2.11. The van der Waals surface area contributed by atoms with E-state index in [4.69, 9.17) is 9.84 Å². The fourth-order valence-corrected chi connectivity index (χ4v) is 1.40. The van der Waals surface area contributed by atoms with Crippen LogP contribution < -0.4 is 4.74 Å². The lowest BCUT2D eigenvalue weighted by Crippen LogP contribution is -2.03. The highest BCUT2D eigenvalue weighted by molar-refractivity contribution is 5.88. The zero-order valence-electron chi connectivity index (χ0n) is 9.41. The van der Waals surface area contributed by atoms with Crippen LogP contribution in [-0.4, -0.2) is 21.2 Å². The van der Waals surface area contributed by atoms with Crippen molar-refractivity contribution in [3.05, 3.63) is 53.7 Å². The van der Waals surface area contributed by atoms with Crippen LogP contribution in [0.15, 0.2) is 42.5 Å². The molecule has 0 saturated carbocycles. The van der Waals surface area contributed by atoms with Crippen LogP contribution in [0, 0.1) is 0 Å². The third kappa shape index (κ3) is 2.76. The lowest BCUT2D eigenvalue weighted by atomic mass is 10.2. The summed E-state index contributed by atoms with van der Waals surface area (Å²) in [4.78, 5) is 14.5. The number of benzene rings is 1. The Kier molecular flexibility index (Phi) is 3.43. The van der Waals surface area contributed by atoms with E-state index in [2.05, 4.69) is 4.98 Å². The van der Waals surface area contributed by atoms with Crippen molar-refractivity contribution in [1.29, 1.82) is 0 Å². The van der Waals surface area contributed by atoms with E-state index in [9.17, 15) is 9.90 Å². The highest BCUT2D eigenvalue weighted by Gasteiger charge is 2.12. The molecule has 0 aliphatic rings. The molecule has 0 fully saturated rings. The van der Waals surface area contributed by atoms with Crippen LogP contribution >= 0.6 is 0 Å². The van der Waals surface area contributed by atoms with Crippen molar-refractivity contribution in [1.82, 2.24) is 4.98 Å². The first-order valence-electron chi connectivity index (χ1n) is 5.27. The fourth-order valence-electron chi connectivity index (χ4n) is 1.40. The number of ether oxygens (including phenoxy) is 1. The van der Waals surface area contributed by atoms with Gasteiger partial charge in [0.25, 0.3) is 0 Å². The van der Waals surface area contributed by atoms with Gasteiger partial charge in [0.05, 0.1) is 0 Å². The van der Waals surface area contributed by atoms with E-state index in [1.807, 2.05) is 30.3 Å². The van der Waals surface area contributed by atoms with Gasteiger partial charge in [-0.1, -0.05) is 30.3 Å². The molecule has 2 N–H and O–H groups in total. The largest absolute Gasteiger partial charge is 0.505 e. The number of aromatic nitrogens is 1. The molecule has 0 aliphatic heterocycles. The number of pyridine rings is 1. The molecule has 0 aliphatic carbocycles. The van der Waals surface area contributed by atoms with Crippen LogP contribution in [0.2, 0.25) is 0 Å². The Morgan fingerprint density at radius 2 is 1.89 bits per heavy atom. The molecule has 1 heterocycles. The lowest BCUT2D eigenvalue weighted by molar-refractivity contribution is 0.0685. The van der Waals surface area contributed by atoms with Crippen LogP contribution in [0.5, 0.6) is 11.6 Å². The minimum Gasteiger partial charge on any atom is -0.505 e. The van der Waals surface area contributed by atoms with Crippen LogP contribution in [0.1, 0.15) is 16.1 Å². The summed E-state index contributed by atoms with van der Waals surface area (Å²) in [6, 6.07) is 12.1. The smallest absolute Gasteiger partial charge is 0.358 e. The Morgan fingerprint density at radius 3 is 2.56 bits per heavy atom. The third-order valence-electron chi connectivity index (χ3n) is 2.28. The highest BCUT2D eigenvalue weighted by Crippen LogP contribution is 2.19. The van der Waals surface area contributed by atoms with Crippen molar-refractivity contribution < 1.29 is 19.7 Å². The van der Waals surface area contributed by atoms with Crippen molar-refractivity contribution >= 4 is 5.97 Å². The minimum atomic E-state index is -1.29. The molecule has 0 amide bonds. The van der Waals surface area contributed by atoms with Crippen molar-refractivity contribution in [2.75, 3.05) is 0 Å². The summed E-state index contributed by atoms with van der Waals surface area (Å²) in [6.45, 7) is 0.289. The number of nitrogens with zero attached hydrogens (tertiary/aromatic N) is 1. The second-order valence-corrected chi connectivity index (χ2v) is 3.60. The van der Waals surface area contributed by atoms with Gasteiger partial charge in [-0.25, -0.2) is 9.78 Å². The SMILES string of the molecule is O=C(O)c1nc(OCc2ccccc2)ccc1O. The van der Waals surface area contributed by atoms with E-state index in [0.29, 0.717) is 0 Å². The van der Waals surface area contributed by atoms with Crippen molar-refractivity contribution in [3.8, 4) is 11.6 Å². The van der Waals surface area contributed by atoms with Gasteiger partial charge in [-0.15, -0.1) is 0 Å². The van der Waals surface area contributed by atoms with E-state index < -0.39 is 11.7 Å². The first-order chi connectivity index (χ1) is 8.66. The summed E-state index contributed by atoms with van der Waals surface area (Å²) in [6.07, 6.45) is 0. The molecule has 0 radical (unpaired) electrons. The van der Waals surface area contributed by atoms with E-state index in [0.717, 1.165) is 5.56 Å². The summed E-state index contributed by atoms with van der Waals surface area (Å²) in [5, 5.41) is 18.1. The van der Waals surface area contributed by atoms with E-state index in [1.54, 1.807) is 0 Å². The Bertz CT molecular complexity index is 554. The number of hydrogen-bond acceptors (Lipinski definition) is 4. The number of rotatable bonds is 4. The Hall–Kier alpha value is -2.56. The van der Waals surface area contributed by atoms with Crippen LogP contribution in [-0.2, 0) is 6.61 Å². The standard InChI is InChI=1S/C13H11NO4/c15-10-6-7-11(14-12(10)13(16)17)18-8-9-4-2-1-3-5-9/h1-7,15H,8H2,(H,16,17).